The second kappa shape index (κ2) is 2.88. The van der Waals surface area contributed by atoms with Crippen LogP contribution in [0.4, 0.5) is 0 Å². The maximum atomic E-state index is 9.48. The minimum Gasteiger partial charge on any atom is -0.395 e. The van der Waals surface area contributed by atoms with E-state index in [-0.39, 0.29) is 43.6 Å². The van der Waals surface area contributed by atoms with E-state index in [9.17, 15) is 5.11 Å². The van der Waals surface area contributed by atoms with Gasteiger partial charge in [-0.15, -0.1) is 0 Å². The Balaban J connectivity index is 1.66. The third-order valence-electron chi connectivity index (χ3n) is 3.32. The second-order valence-electron chi connectivity index (χ2n) is 4.09. The highest BCUT2D eigenvalue weighted by atomic mass is 16.6. The molecule has 6 heteroatoms. The Labute approximate surface area is 81.1 Å². The van der Waals surface area contributed by atoms with E-state index < -0.39 is 6.29 Å². The maximum Gasteiger partial charge on any atom is 0.174 e. The molecule has 14 heavy (non-hydrogen) atoms. The zero-order chi connectivity index (χ0) is 9.87. The van der Waals surface area contributed by atoms with Crippen molar-refractivity contribution in [2.75, 3.05) is 13.2 Å². The number of aliphatic hydroxyl groups is 3. The molecule has 0 bridgehead atoms. The third kappa shape index (κ3) is 1.06. The van der Waals surface area contributed by atoms with Crippen molar-refractivity contribution in [3.63, 3.8) is 0 Å². The summed E-state index contributed by atoms with van der Waals surface area (Å²) in [6.07, 6.45) is -0.983. The van der Waals surface area contributed by atoms with Gasteiger partial charge in [-0.05, 0) is 0 Å². The highest BCUT2D eigenvalue weighted by molar-refractivity contribution is 5.16. The Kier molecular flexibility index (Phi) is 1.85. The quantitative estimate of drug-likeness (QED) is 0.365. The van der Waals surface area contributed by atoms with Gasteiger partial charge >= 0.3 is 0 Å². The van der Waals surface area contributed by atoms with E-state index >= 15 is 0 Å². The highest BCUT2D eigenvalue weighted by Crippen LogP contribution is 2.44. The van der Waals surface area contributed by atoms with Gasteiger partial charge in [-0.1, -0.05) is 0 Å². The lowest BCUT2D eigenvalue weighted by molar-refractivity contribution is -0.119. The molecule has 0 aromatic rings. The van der Waals surface area contributed by atoms with Crippen molar-refractivity contribution in [3.05, 3.63) is 0 Å². The standard InChI is InChI=1S/C8H14N2O4/c11-1-3-5(9-3)7-10-4(2-12)6(10)8(13)14-7/h3-9,11-13H,1-2H2. The summed E-state index contributed by atoms with van der Waals surface area (Å²) in [5.41, 5.74) is 0. The average molecular weight is 202 g/mol. The highest BCUT2D eigenvalue weighted by Gasteiger charge is 2.66. The van der Waals surface area contributed by atoms with E-state index in [2.05, 4.69) is 5.32 Å². The van der Waals surface area contributed by atoms with Crippen molar-refractivity contribution in [1.29, 1.82) is 0 Å². The van der Waals surface area contributed by atoms with Crippen LogP contribution in [0.3, 0.4) is 0 Å². The number of fused-ring (bicyclic) bond motifs is 1. The molecule has 0 amide bonds. The maximum absolute atomic E-state index is 9.48. The summed E-state index contributed by atoms with van der Waals surface area (Å²) in [5, 5.41) is 30.4. The van der Waals surface area contributed by atoms with E-state index in [0.29, 0.717) is 0 Å². The van der Waals surface area contributed by atoms with Crippen molar-refractivity contribution < 1.29 is 20.1 Å². The molecular formula is C8H14N2O4. The molecule has 0 radical (unpaired) electrons. The molecule has 0 spiro atoms. The van der Waals surface area contributed by atoms with Crippen LogP contribution in [0.15, 0.2) is 0 Å². The first-order chi connectivity index (χ1) is 6.77. The normalized spacial score (nSPS) is 59.8. The zero-order valence-corrected chi connectivity index (χ0v) is 7.58. The Morgan fingerprint density at radius 1 is 1.29 bits per heavy atom. The lowest BCUT2D eigenvalue weighted by Gasteiger charge is -2.15. The van der Waals surface area contributed by atoms with Crippen LogP contribution in [0.1, 0.15) is 0 Å². The molecule has 3 heterocycles. The number of hydrogen-bond acceptors (Lipinski definition) is 6. The van der Waals surface area contributed by atoms with E-state index in [1.807, 2.05) is 4.90 Å². The molecule has 3 aliphatic rings. The lowest BCUT2D eigenvalue weighted by atomic mass is 10.3. The van der Waals surface area contributed by atoms with Gasteiger partial charge in [0.15, 0.2) is 6.29 Å². The van der Waals surface area contributed by atoms with Crippen molar-refractivity contribution >= 4 is 0 Å². The molecule has 3 rings (SSSR count). The molecule has 4 N–H and O–H groups in total. The predicted molar refractivity (Wildman–Crippen MR) is 45.2 cm³/mol. The topological polar surface area (TPSA) is 94.9 Å². The number of hydrogen-bond donors (Lipinski definition) is 4. The largest absolute Gasteiger partial charge is 0.395 e. The fourth-order valence-corrected chi connectivity index (χ4v) is 2.42. The summed E-state index contributed by atoms with van der Waals surface area (Å²) < 4.78 is 5.31. The van der Waals surface area contributed by atoms with Crippen LogP contribution in [-0.4, -0.2) is 70.1 Å². The van der Waals surface area contributed by atoms with Crippen LogP contribution >= 0.6 is 0 Å². The Morgan fingerprint density at radius 2 is 2.07 bits per heavy atom. The van der Waals surface area contributed by atoms with Gasteiger partial charge in [0.1, 0.15) is 6.23 Å². The van der Waals surface area contributed by atoms with Gasteiger partial charge < -0.3 is 25.4 Å². The van der Waals surface area contributed by atoms with E-state index in [4.69, 9.17) is 14.9 Å². The van der Waals surface area contributed by atoms with E-state index in [1.165, 1.54) is 0 Å². The first kappa shape index (κ1) is 9.02. The zero-order valence-electron chi connectivity index (χ0n) is 7.58. The summed E-state index contributed by atoms with van der Waals surface area (Å²) in [6.45, 7) is 0.140. The summed E-state index contributed by atoms with van der Waals surface area (Å²) in [4.78, 5) is 1.96. The summed E-state index contributed by atoms with van der Waals surface area (Å²) in [7, 11) is 0. The molecule has 6 nitrogen and oxygen atoms in total. The Morgan fingerprint density at radius 3 is 2.57 bits per heavy atom. The Hall–Kier alpha value is -0.240. The molecule has 7 atom stereocenters. The van der Waals surface area contributed by atoms with Crippen LogP contribution in [-0.2, 0) is 4.74 Å². The second-order valence-corrected chi connectivity index (χ2v) is 4.09. The van der Waals surface area contributed by atoms with Gasteiger partial charge in [-0.2, -0.15) is 0 Å². The van der Waals surface area contributed by atoms with Crippen molar-refractivity contribution in [3.8, 4) is 0 Å². The first-order valence-corrected chi connectivity index (χ1v) is 4.86. The monoisotopic (exact) mass is 202 g/mol. The van der Waals surface area contributed by atoms with E-state index in [1.54, 1.807) is 0 Å². The van der Waals surface area contributed by atoms with Gasteiger partial charge in [-0.3, -0.25) is 4.90 Å². The van der Waals surface area contributed by atoms with Crippen LogP contribution in [0.5, 0.6) is 0 Å². The molecule has 0 aromatic carbocycles. The van der Waals surface area contributed by atoms with E-state index in [0.717, 1.165) is 0 Å². The average Bonchev–Trinajstić information content (AvgIpc) is 3.08. The van der Waals surface area contributed by atoms with Crippen molar-refractivity contribution in [2.45, 2.75) is 36.7 Å². The van der Waals surface area contributed by atoms with Crippen LogP contribution in [0.25, 0.3) is 0 Å². The minimum atomic E-state index is -0.793. The van der Waals surface area contributed by atoms with Crippen LogP contribution in [0, 0.1) is 0 Å². The molecule has 3 fully saturated rings. The third-order valence-corrected chi connectivity index (χ3v) is 3.32. The molecule has 80 valence electrons. The fourth-order valence-electron chi connectivity index (χ4n) is 2.42. The van der Waals surface area contributed by atoms with Gasteiger partial charge in [0.25, 0.3) is 0 Å². The van der Waals surface area contributed by atoms with Crippen LogP contribution in [0.2, 0.25) is 0 Å². The molecule has 0 aliphatic carbocycles. The van der Waals surface area contributed by atoms with Gasteiger partial charge in [-0.25, -0.2) is 0 Å². The number of aliphatic hydroxyl groups excluding tert-OH is 3. The molecule has 3 saturated heterocycles. The van der Waals surface area contributed by atoms with Crippen LogP contribution < -0.4 is 5.32 Å². The summed E-state index contributed by atoms with van der Waals surface area (Å²) in [5.74, 6) is 0. The predicted octanol–water partition coefficient (Wildman–Crippen LogP) is -2.96. The van der Waals surface area contributed by atoms with Crippen molar-refractivity contribution in [2.24, 2.45) is 0 Å². The molecule has 0 aromatic heterocycles. The fraction of sp³-hybridized carbons (Fsp3) is 1.00. The minimum absolute atomic E-state index is 0.0329. The Bertz CT molecular complexity index is 251. The molecule has 0 saturated carbocycles. The number of ether oxygens (including phenoxy) is 1. The molecule has 3 aliphatic heterocycles. The summed E-state index contributed by atoms with van der Waals surface area (Å²) >= 11 is 0. The van der Waals surface area contributed by atoms with Crippen molar-refractivity contribution in [1.82, 2.24) is 10.2 Å². The number of rotatable bonds is 3. The van der Waals surface area contributed by atoms with Gasteiger partial charge in [0, 0.05) is 6.04 Å². The molecular weight excluding hydrogens is 188 g/mol. The van der Waals surface area contributed by atoms with Gasteiger partial charge in [0.2, 0.25) is 0 Å². The van der Waals surface area contributed by atoms with Gasteiger partial charge in [0.05, 0.1) is 31.3 Å². The summed E-state index contributed by atoms with van der Waals surface area (Å²) in [6, 6.07) is 0.152. The lowest BCUT2D eigenvalue weighted by Crippen LogP contribution is -2.33. The smallest absolute Gasteiger partial charge is 0.174 e. The SMILES string of the molecule is OCC1NC1C1OC(O)C2C(CO)N12. The molecule has 7 unspecified atom stereocenters. The first-order valence-electron chi connectivity index (χ1n) is 4.86. The number of nitrogens with zero attached hydrogens (tertiary/aromatic N) is 1. The number of nitrogens with one attached hydrogen (secondary N) is 1.